The molecule has 3 heteroatoms. The Balaban J connectivity index is 2.29. The van der Waals surface area contributed by atoms with Crippen LogP contribution in [0.1, 0.15) is 19.4 Å². The predicted octanol–water partition coefficient (Wildman–Crippen LogP) is 1.62. The molecule has 0 spiro atoms. The number of carboxylic acids is 1. The Bertz CT molecular complexity index is 537. The van der Waals surface area contributed by atoms with E-state index in [4.69, 9.17) is 5.26 Å². The largest absolute Gasteiger partial charge is 0.550 e. The molecular formula is C15H14NO2-. The lowest BCUT2D eigenvalue weighted by Gasteiger charge is -2.01. The number of nitrogens with zero attached hydrogens (tertiary/aromatic N) is 1. The Morgan fingerprint density at radius 3 is 2.44 bits per heavy atom. The van der Waals surface area contributed by atoms with E-state index in [0.717, 1.165) is 5.56 Å². The molecule has 0 amide bonds. The van der Waals surface area contributed by atoms with Crippen LogP contribution in [-0.2, 0) is 4.79 Å². The van der Waals surface area contributed by atoms with E-state index in [1.165, 1.54) is 0 Å². The summed E-state index contributed by atoms with van der Waals surface area (Å²) in [4.78, 5) is 11.0. The van der Waals surface area contributed by atoms with Gasteiger partial charge < -0.3 is 9.90 Å². The number of carbonyl (C=O) groups is 1. The van der Waals surface area contributed by atoms with Crippen LogP contribution in [0.3, 0.4) is 0 Å². The van der Waals surface area contributed by atoms with Gasteiger partial charge in [0.15, 0.2) is 0 Å². The average Bonchev–Trinajstić information content (AvgIpc) is 2.89. The summed E-state index contributed by atoms with van der Waals surface area (Å²) in [5.74, 6) is -1.66. The molecule has 2 rings (SSSR count). The van der Waals surface area contributed by atoms with Crippen LogP contribution in [0.2, 0.25) is 0 Å². The highest BCUT2D eigenvalue weighted by Gasteiger charge is 2.57. The second-order valence-corrected chi connectivity index (χ2v) is 5.20. The minimum absolute atomic E-state index is 0.127. The van der Waals surface area contributed by atoms with Crippen LogP contribution < -0.4 is 5.11 Å². The van der Waals surface area contributed by atoms with E-state index >= 15 is 0 Å². The second kappa shape index (κ2) is 4.30. The second-order valence-electron chi connectivity index (χ2n) is 5.20. The van der Waals surface area contributed by atoms with Crippen LogP contribution in [0, 0.1) is 28.6 Å². The first kappa shape index (κ1) is 12.4. The van der Waals surface area contributed by atoms with Crippen molar-refractivity contribution in [2.75, 3.05) is 0 Å². The van der Waals surface area contributed by atoms with Crippen molar-refractivity contribution in [3.05, 3.63) is 42.0 Å². The number of benzene rings is 1. The van der Waals surface area contributed by atoms with Crippen LogP contribution in [0.25, 0.3) is 5.57 Å². The van der Waals surface area contributed by atoms with Gasteiger partial charge >= 0.3 is 0 Å². The third-order valence-electron chi connectivity index (χ3n) is 3.72. The van der Waals surface area contributed by atoms with Crippen molar-refractivity contribution in [3.8, 4) is 6.07 Å². The Morgan fingerprint density at radius 1 is 1.39 bits per heavy atom. The molecule has 1 aromatic rings. The zero-order valence-electron chi connectivity index (χ0n) is 10.4. The molecule has 1 aliphatic carbocycles. The maximum atomic E-state index is 11.0. The maximum absolute atomic E-state index is 11.0. The third kappa shape index (κ3) is 2.02. The van der Waals surface area contributed by atoms with Crippen molar-refractivity contribution < 1.29 is 9.90 Å². The average molecular weight is 240 g/mol. The van der Waals surface area contributed by atoms with Crippen molar-refractivity contribution in [2.24, 2.45) is 17.3 Å². The number of carboxylic acid groups (broad SMARTS) is 1. The topological polar surface area (TPSA) is 63.9 Å². The highest BCUT2D eigenvalue weighted by Crippen LogP contribution is 2.59. The first-order chi connectivity index (χ1) is 8.48. The third-order valence-corrected chi connectivity index (χ3v) is 3.72. The van der Waals surface area contributed by atoms with Gasteiger partial charge in [-0.15, -0.1) is 0 Å². The molecule has 0 saturated heterocycles. The Morgan fingerprint density at radius 2 is 2.00 bits per heavy atom. The highest BCUT2D eigenvalue weighted by molar-refractivity contribution is 5.80. The van der Waals surface area contributed by atoms with E-state index in [2.05, 4.69) is 6.07 Å². The number of carbonyl (C=O) groups excluding carboxylic acids is 1. The monoisotopic (exact) mass is 240 g/mol. The normalized spacial score (nSPS) is 25.3. The quantitative estimate of drug-likeness (QED) is 0.754. The molecule has 18 heavy (non-hydrogen) atoms. The fourth-order valence-corrected chi connectivity index (χ4v) is 2.43. The number of nitriles is 1. The van der Waals surface area contributed by atoms with E-state index in [1.54, 1.807) is 6.08 Å². The lowest BCUT2D eigenvalue weighted by molar-refractivity contribution is -0.308. The Labute approximate surface area is 106 Å². The number of aliphatic carboxylic acids is 1. The van der Waals surface area contributed by atoms with Crippen molar-refractivity contribution in [1.29, 1.82) is 5.26 Å². The van der Waals surface area contributed by atoms with Gasteiger partial charge in [0.25, 0.3) is 0 Å². The summed E-state index contributed by atoms with van der Waals surface area (Å²) < 4.78 is 0. The van der Waals surface area contributed by atoms with E-state index in [1.807, 2.05) is 44.2 Å². The van der Waals surface area contributed by atoms with Crippen LogP contribution in [-0.4, -0.2) is 5.97 Å². The Hall–Kier alpha value is -2.08. The minimum atomic E-state index is -1.04. The molecule has 0 radical (unpaired) electrons. The zero-order valence-corrected chi connectivity index (χ0v) is 10.4. The summed E-state index contributed by atoms with van der Waals surface area (Å²) in [7, 11) is 0. The molecule has 1 fully saturated rings. The van der Waals surface area contributed by atoms with Crippen molar-refractivity contribution in [2.45, 2.75) is 13.8 Å². The van der Waals surface area contributed by atoms with Gasteiger partial charge in [0.2, 0.25) is 0 Å². The first-order valence-corrected chi connectivity index (χ1v) is 5.86. The molecule has 1 aromatic carbocycles. The number of hydrogen-bond acceptors (Lipinski definition) is 3. The number of rotatable bonds is 3. The van der Waals surface area contributed by atoms with Crippen molar-refractivity contribution in [3.63, 3.8) is 0 Å². The summed E-state index contributed by atoms with van der Waals surface area (Å²) in [6, 6.07) is 11.4. The lowest BCUT2D eigenvalue weighted by Crippen LogP contribution is -2.26. The van der Waals surface area contributed by atoms with Gasteiger partial charge in [0.05, 0.1) is 11.6 Å². The van der Waals surface area contributed by atoms with Crippen LogP contribution >= 0.6 is 0 Å². The molecule has 0 aliphatic heterocycles. The number of hydrogen-bond donors (Lipinski definition) is 0. The van der Waals surface area contributed by atoms with Crippen molar-refractivity contribution in [1.82, 2.24) is 0 Å². The number of allylic oxidation sites excluding steroid dienone is 2. The molecule has 3 nitrogen and oxygen atoms in total. The predicted molar refractivity (Wildman–Crippen MR) is 65.8 cm³/mol. The van der Waals surface area contributed by atoms with E-state index < -0.39 is 11.9 Å². The van der Waals surface area contributed by atoms with Gasteiger partial charge in [-0.05, 0) is 16.9 Å². The maximum Gasteiger partial charge on any atom is 0.0994 e. The standard InChI is InChI=1S/C15H15NO2/c1-15(2)12(13(15)14(17)18)8-11(9-16)10-6-4-3-5-7-10/h3-8,12-13H,1-2H3,(H,17,18)/p-1/b11-8+. The molecular weight excluding hydrogens is 226 g/mol. The summed E-state index contributed by atoms with van der Waals surface area (Å²) in [6.45, 7) is 3.77. The molecule has 0 aromatic heterocycles. The van der Waals surface area contributed by atoms with Gasteiger partial charge in [-0.2, -0.15) is 5.26 Å². The van der Waals surface area contributed by atoms with Gasteiger partial charge in [0, 0.05) is 11.9 Å². The summed E-state index contributed by atoms with van der Waals surface area (Å²) in [5.41, 5.74) is 1.02. The van der Waals surface area contributed by atoms with Gasteiger partial charge in [-0.1, -0.05) is 50.3 Å². The summed E-state index contributed by atoms with van der Waals surface area (Å²) in [6.07, 6.45) is 1.76. The fraction of sp³-hybridized carbons (Fsp3) is 0.333. The minimum Gasteiger partial charge on any atom is -0.550 e. The first-order valence-electron chi connectivity index (χ1n) is 5.86. The zero-order chi connectivity index (χ0) is 13.3. The molecule has 2 atom stereocenters. The smallest absolute Gasteiger partial charge is 0.0994 e. The summed E-state index contributed by atoms with van der Waals surface area (Å²) >= 11 is 0. The van der Waals surface area contributed by atoms with Crippen LogP contribution in [0.4, 0.5) is 0 Å². The summed E-state index contributed by atoms with van der Waals surface area (Å²) in [5, 5.41) is 20.1. The van der Waals surface area contributed by atoms with E-state index in [9.17, 15) is 9.90 Å². The molecule has 1 saturated carbocycles. The highest BCUT2D eigenvalue weighted by atomic mass is 16.4. The van der Waals surface area contributed by atoms with Gasteiger partial charge in [-0.3, -0.25) is 0 Å². The molecule has 0 heterocycles. The van der Waals surface area contributed by atoms with Crippen LogP contribution in [0.5, 0.6) is 0 Å². The van der Waals surface area contributed by atoms with Gasteiger partial charge in [0.1, 0.15) is 0 Å². The van der Waals surface area contributed by atoms with Crippen LogP contribution in [0.15, 0.2) is 36.4 Å². The Kier molecular flexibility index (Phi) is 2.96. The molecule has 0 bridgehead atoms. The van der Waals surface area contributed by atoms with E-state index in [0.29, 0.717) is 5.57 Å². The molecule has 1 aliphatic rings. The van der Waals surface area contributed by atoms with Crippen molar-refractivity contribution >= 4 is 11.5 Å². The molecule has 2 unspecified atom stereocenters. The molecule has 92 valence electrons. The fourth-order valence-electron chi connectivity index (χ4n) is 2.43. The lowest BCUT2D eigenvalue weighted by atomic mass is 10.0. The van der Waals surface area contributed by atoms with Gasteiger partial charge in [-0.25, -0.2) is 0 Å². The van der Waals surface area contributed by atoms with E-state index in [-0.39, 0.29) is 11.3 Å². The SMILES string of the molecule is CC1(C)C(/C=C(\C#N)c2ccccc2)C1C(=O)[O-]. The molecule has 0 N–H and O–H groups in total.